The van der Waals surface area contributed by atoms with E-state index < -0.39 is 6.03 Å². The lowest BCUT2D eigenvalue weighted by molar-refractivity contribution is -0.118. The Hall–Kier alpha value is -3.07. The number of halogens is 1. The van der Waals surface area contributed by atoms with Crippen LogP contribution in [0.25, 0.3) is 0 Å². The third-order valence-corrected chi connectivity index (χ3v) is 4.21. The molecule has 0 fully saturated rings. The summed E-state index contributed by atoms with van der Waals surface area (Å²) in [6.45, 7) is 3.97. The fourth-order valence-electron chi connectivity index (χ4n) is 2.24. The molecule has 0 aliphatic carbocycles. The predicted octanol–water partition coefficient (Wildman–Crippen LogP) is 3.18. The number of aryl methyl sites for hydroxylation is 1. The van der Waals surface area contributed by atoms with E-state index in [9.17, 15) is 9.59 Å². The molecule has 2 aromatic rings. The van der Waals surface area contributed by atoms with Gasteiger partial charge in [0.2, 0.25) is 0 Å². The molecule has 28 heavy (non-hydrogen) atoms. The molecule has 0 unspecified atom stereocenters. The summed E-state index contributed by atoms with van der Waals surface area (Å²) in [5.41, 5.74) is 9.41. The number of hydrogen-bond acceptors (Lipinski definition) is 5. The average Bonchev–Trinajstić information content (AvgIpc) is 2.64. The first kappa shape index (κ1) is 21.2. The number of nitrogens with one attached hydrogen (secondary N) is 2. The van der Waals surface area contributed by atoms with Gasteiger partial charge in [0.1, 0.15) is 0 Å². The quantitative estimate of drug-likeness (QED) is 0.424. The van der Waals surface area contributed by atoms with Crippen molar-refractivity contribution in [3.63, 3.8) is 0 Å². The monoisotopic (exact) mass is 448 g/mol. The van der Waals surface area contributed by atoms with E-state index in [0.717, 1.165) is 11.3 Å². The van der Waals surface area contributed by atoms with Crippen LogP contribution in [0.1, 0.15) is 18.1 Å². The SMILES string of the molecule is CCOc1cc(C=NNC(N)=O)c(Br)cc1OCC(=O)Nc1ccccc1C. The number of anilines is 1. The Morgan fingerprint density at radius 1 is 1.21 bits per heavy atom. The molecule has 0 spiro atoms. The maximum Gasteiger partial charge on any atom is 0.332 e. The fraction of sp³-hybridized carbons (Fsp3) is 0.211. The van der Waals surface area contributed by atoms with E-state index in [0.29, 0.717) is 28.1 Å². The number of primary amides is 1. The average molecular weight is 449 g/mol. The molecule has 0 radical (unpaired) electrons. The lowest BCUT2D eigenvalue weighted by Gasteiger charge is -2.14. The van der Waals surface area contributed by atoms with E-state index in [-0.39, 0.29) is 12.5 Å². The predicted molar refractivity (Wildman–Crippen MR) is 111 cm³/mol. The number of carbonyl (C=O) groups is 2. The zero-order chi connectivity index (χ0) is 20.5. The van der Waals surface area contributed by atoms with E-state index in [2.05, 4.69) is 31.8 Å². The van der Waals surface area contributed by atoms with Crippen LogP contribution in [0.15, 0.2) is 46.0 Å². The van der Waals surface area contributed by atoms with Gasteiger partial charge < -0.3 is 20.5 Å². The van der Waals surface area contributed by atoms with E-state index in [1.54, 1.807) is 12.1 Å². The van der Waals surface area contributed by atoms with Crippen molar-refractivity contribution < 1.29 is 19.1 Å². The minimum atomic E-state index is -0.767. The van der Waals surface area contributed by atoms with Gasteiger partial charge in [-0.1, -0.05) is 18.2 Å². The smallest absolute Gasteiger partial charge is 0.332 e. The second kappa shape index (κ2) is 10.3. The second-order valence-electron chi connectivity index (χ2n) is 5.64. The van der Waals surface area contributed by atoms with Crippen LogP contribution in [0.4, 0.5) is 10.5 Å². The van der Waals surface area contributed by atoms with Crippen molar-refractivity contribution in [2.24, 2.45) is 10.8 Å². The number of nitrogens with two attached hydrogens (primary N) is 1. The number of nitrogens with zero attached hydrogens (tertiary/aromatic N) is 1. The summed E-state index contributed by atoms with van der Waals surface area (Å²) < 4.78 is 11.9. The van der Waals surface area contributed by atoms with Gasteiger partial charge in [-0.15, -0.1) is 0 Å². The largest absolute Gasteiger partial charge is 0.490 e. The topological polar surface area (TPSA) is 115 Å². The Labute approximate surface area is 171 Å². The highest BCUT2D eigenvalue weighted by Gasteiger charge is 2.12. The molecule has 2 aromatic carbocycles. The maximum atomic E-state index is 12.2. The number of benzene rings is 2. The van der Waals surface area contributed by atoms with Gasteiger partial charge in [0.15, 0.2) is 18.1 Å². The van der Waals surface area contributed by atoms with Crippen LogP contribution in [0.2, 0.25) is 0 Å². The highest BCUT2D eigenvalue weighted by atomic mass is 79.9. The minimum absolute atomic E-state index is 0.183. The van der Waals surface area contributed by atoms with E-state index >= 15 is 0 Å². The van der Waals surface area contributed by atoms with Gasteiger partial charge in [-0.05, 0) is 53.5 Å². The number of hydrogen-bond donors (Lipinski definition) is 3. The van der Waals surface area contributed by atoms with Crippen molar-refractivity contribution in [2.45, 2.75) is 13.8 Å². The molecule has 0 aliphatic heterocycles. The van der Waals surface area contributed by atoms with Gasteiger partial charge in [-0.25, -0.2) is 10.2 Å². The Bertz CT molecular complexity index is 886. The molecule has 4 N–H and O–H groups in total. The fourth-order valence-corrected chi connectivity index (χ4v) is 2.66. The first-order valence-electron chi connectivity index (χ1n) is 8.43. The number of carbonyl (C=O) groups excluding carboxylic acids is 2. The Morgan fingerprint density at radius 2 is 1.93 bits per heavy atom. The first-order chi connectivity index (χ1) is 13.4. The van der Waals surface area contributed by atoms with Gasteiger partial charge in [-0.3, -0.25) is 4.79 Å². The van der Waals surface area contributed by atoms with Crippen molar-refractivity contribution in [3.05, 3.63) is 52.0 Å². The van der Waals surface area contributed by atoms with Crippen molar-refractivity contribution in [2.75, 3.05) is 18.5 Å². The van der Waals surface area contributed by atoms with Crippen LogP contribution in [0.5, 0.6) is 11.5 Å². The van der Waals surface area contributed by atoms with Crippen molar-refractivity contribution in [1.82, 2.24) is 5.43 Å². The van der Waals surface area contributed by atoms with Crippen LogP contribution in [-0.2, 0) is 4.79 Å². The highest BCUT2D eigenvalue weighted by Crippen LogP contribution is 2.33. The van der Waals surface area contributed by atoms with Gasteiger partial charge in [-0.2, -0.15) is 5.10 Å². The molecule has 0 saturated heterocycles. The molecule has 0 aliphatic rings. The minimum Gasteiger partial charge on any atom is -0.490 e. The normalized spacial score (nSPS) is 10.5. The summed E-state index contributed by atoms with van der Waals surface area (Å²) in [7, 11) is 0. The molecule has 2 rings (SSSR count). The molecule has 0 atom stereocenters. The summed E-state index contributed by atoms with van der Waals surface area (Å²) in [6.07, 6.45) is 1.41. The van der Waals surface area contributed by atoms with Crippen LogP contribution in [-0.4, -0.2) is 31.4 Å². The summed E-state index contributed by atoms with van der Waals surface area (Å²) in [6, 6.07) is 10.1. The second-order valence-corrected chi connectivity index (χ2v) is 6.49. The van der Waals surface area contributed by atoms with Crippen LogP contribution < -0.4 is 25.9 Å². The zero-order valence-corrected chi connectivity index (χ0v) is 17.1. The van der Waals surface area contributed by atoms with E-state index in [1.165, 1.54) is 6.21 Å². The van der Waals surface area contributed by atoms with Gasteiger partial charge >= 0.3 is 6.03 Å². The number of urea groups is 1. The van der Waals surface area contributed by atoms with Crippen LogP contribution in [0.3, 0.4) is 0 Å². The van der Waals surface area contributed by atoms with E-state index in [1.807, 2.05) is 38.1 Å². The lowest BCUT2D eigenvalue weighted by atomic mass is 10.2. The summed E-state index contributed by atoms with van der Waals surface area (Å²) in [5, 5.41) is 6.53. The van der Waals surface area contributed by atoms with Gasteiger partial charge in [0, 0.05) is 15.7 Å². The number of hydrazone groups is 1. The third-order valence-electron chi connectivity index (χ3n) is 3.52. The summed E-state index contributed by atoms with van der Waals surface area (Å²) in [5.74, 6) is 0.549. The van der Waals surface area contributed by atoms with Crippen molar-refractivity contribution >= 4 is 39.8 Å². The van der Waals surface area contributed by atoms with E-state index in [4.69, 9.17) is 15.2 Å². The number of amides is 3. The summed E-state index contributed by atoms with van der Waals surface area (Å²) in [4.78, 5) is 22.9. The first-order valence-corrected chi connectivity index (χ1v) is 9.23. The highest BCUT2D eigenvalue weighted by molar-refractivity contribution is 9.10. The van der Waals surface area contributed by atoms with Gasteiger partial charge in [0.25, 0.3) is 5.91 Å². The van der Waals surface area contributed by atoms with Crippen molar-refractivity contribution in [3.8, 4) is 11.5 Å². The summed E-state index contributed by atoms with van der Waals surface area (Å²) >= 11 is 3.40. The van der Waals surface area contributed by atoms with Gasteiger partial charge in [0.05, 0.1) is 12.8 Å². The molecule has 8 nitrogen and oxygen atoms in total. The number of para-hydroxylation sites is 1. The Kier molecular flexibility index (Phi) is 7.82. The standard InChI is InChI=1S/C19H21BrN4O4/c1-3-27-16-8-13(10-22-24-19(21)26)14(20)9-17(16)28-11-18(25)23-15-7-5-4-6-12(15)2/h4-10H,3,11H2,1-2H3,(H,23,25)(H3,21,24,26). The molecule has 0 saturated carbocycles. The molecule has 148 valence electrons. The molecule has 0 bridgehead atoms. The van der Waals surface area contributed by atoms with Crippen LogP contribution in [0, 0.1) is 6.92 Å². The third kappa shape index (κ3) is 6.27. The molecular weight excluding hydrogens is 428 g/mol. The molecule has 9 heteroatoms. The lowest BCUT2D eigenvalue weighted by Crippen LogP contribution is -2.24. The van der Waals surface area contributed by atoms with Crippen LogP contribution >= 0.6 is 15.9 Å². The molecular formula is C19H21BrN4O4. The molecule has 0 aromatic heterocycles. The molecule has 3 amide bonds. The molecule has 0 heterocycles. The number of rotatable bonds is 8. The zero-order valence-electron chi connectivity index (χ0n) is 15.5. The van der Waals surface area contributed by atoms with Crippen molar-refractivity contribution in [1.29, 1.82) is 0 Å². The number of ether oxygens (including phenoxy) is 2. The maximum absolute atomic E-state index is 12.2. The Morgan fingerprint density at radius 3 is 2.61 bits per heavy atom. The Balaban J connectivity index is 2.10.